The van der Waals surface area contributed by atoms with Crippen LogP contribution in [0.2, 0.25) is 0 Å². The summed E-state index contributed by atoms with van der Waals surface area (Å²) in [6.07, 6.45) is 1.05. The number of carbonyl (C=O) groups is 2. The Labute approximate surface area is 160 Å². The van der Waals surface area contributed by atoms with E-state index in [0.717, 1.165) is 0 Å². The molecule has 9 heteroatoms. The molecule has 27 heavy (non-hydrogen) atoms. The van der Waals surface area contributed by atoms with Crippen LogP contribution in [0, 0.1) is 6.92 Å². The fourth-order valence-corrected chi connectivity index (χ4v) is 2.36. The summed E-state index contributed by atoms with van der Waals surface area (Å²) in [6, 6.07) is 0. The zero-order valence-corrected chi connectivity index (χ0v) is 17.1. The number of nitrogens with one attached hydrogen (secondary N) is 1. The number of amides is 1. The Bertz CT molecular complexity index is 726. The van der Waals surface area contributed by atoms with E-state index >= 15 is 0 Å². The number of rotatable bonds is 2. The van der Waals surface area contributed by atoms with Crippen molar-refractivity contribution in [3.8, 4) is 0 Å². The third-order valence-electron chi connectivity index (χ3n) is 4.56. The molecular formula is C18H27BN2O6. The molecule has 0 spiro atoms. The van der Waals surface area contributed by atoms with Crippen LogP contribution in [0.3, 0.4) is 0 Å². The van der Waals surface area contributed by atoms with Crippen molar-refractivity contribution in [3.05, 3.63) is 18.0 Å². The SMILES string of the molecule is Cc1c(NC(=O)OC(=O)OC(C)(C)C)cncc1B1OC(C)(C)C(C)(C)O1. The Morgan fingerprint density at radius 1 is 1.11 bits per heavy atom. The Morgan fingerprint density at radius 2 is 1.67 bits per heavy atom. The van der Waals surface area contributed by atoms with Crippen LogP contribution in [-0.4, -0.2) is 41.2 Å². The molecule has 0 aliphatic carbocycles. The van der Waals surface area contributed by atoms with Crippen molar-refractivity contribution in [3.63, 3.8) is 0 Å². The minimum absolute atomic E-state index is 0.385. The minimum atomic E-state index is -1.08. The Hall–Kier alpha value is -2.13. The lowest BCUT2D eigenvalue weighted by Gasteiger charge is -2.32. The number of pyridine rings is 1. The fourth-order valence-electron chi connectivity index (χ4n) is 2.36. The molecule has 1 fully saturated rings. The summed E-state index contributed by atoms with van der Waals surface area (Å²) in [5.41, 5.74) is 0.0156. The van der Waals surface area contributed by atoms with Gasteiger partial charge < -0.3 is 18.8 Å². The molecule has 1 aliphatic rings. The van der Waals surface area contributed by atoms with Gasteiger partial charge in [0.25, 0.3) is 0 Å². The molecule has 1 aromatic heterocycles. The van der Waals surface area contributed by atoms with Crippen molar-refractivity contribution in [2.75, 3.05) is 5.32 Å². The topological polar surface area (TPSA) is 96.0 Å². The summed E-state index contributed by atoms with van der Waals surface area (Å²) >= 11 is 0. The van der Waals surface area contributed by atoms with Gasteiger partial charge in [-0.25, -0.2) is 9.59 Å². The maximum absolute atomic E-state index is 12.0. The molecule has 0 atom stereocenters. The van der Waals surface area contributed by atoms with Gasteiger partial charge in [0.2, 0.25) is 0 Å². The molecule has 2 rings (SSSR count). The second kappa shape index (κ2) is 7.12. The van der Waals surface area contributed by atoms with E-state index in [9.17, 15) is 9.59 Å². The van der Waals surface area contributed by atoms with Gasteiger partial charge in [-0.05, 0) is 61.0 Å². The van der Waals surface area contributed by atoms with Crippen LogP contribution < -0.4 is 10.8 Å². The highest BCUT2D eigenvalue weighted by Crippen LogP contribution is 2.36. The summed E-state index contributed by atoms with van der Waals surface area (Å²) < 4.78 is 21.6. The van der Waals surface area contributed by atoms with E-state index < -0.39 is 36.2 Å². The fraction of sp³-hybridized carbons (Fsp3) is 0.611. The van der Waals surface area contributed by atoms with Crippen molar-refractivity contribution >= 4 is 30.5 Å². The third kappa shape index (κ3) is 4.98. The van der Waals surface area contributed by atoms with Crippen molar-refractivity contribution in [2.45, 2.75) is 72.2 Å². The zero-order valence-electron chi connectivity index (χ0n) is 17.1. The van der Waals surface area contributed by atoms with Crippen molar-refractivity contribution in [1.29, 1.82) is 0 Å². The highest BCUT2D eigenvalue weighted by molar-refractivity contribution is 6.62. The van der Waals surface area contributed by atoms with E-state index in [1.807, 2.05) is 27.7 Å². The lowest BCUT2D eigenvalue weighted by atomic mass is 9.77. The van der Waals surface area contributed by atoms with Crippen molar-refractivity contribution < 1.29 is 28.4 Å². The van der Waals surface area contributed by atoms with Gasteiger partial charge >= 0.3 is 19.4 Å². The van der Waals surface area contributed by atoms with Gasteiger partial charge in [0.05, 0.1) is 23.1 Å². The highest BCUT2D eigenvalue weighted by Gasteiger charge is 2.52. The standard InChI is InChI=1S/C18H27BN2O6/c1-11-12(19-26-17(5,6)18(7,8)27-19)9-20-10-13(11)21-14(22)24-15(23)25-16(2,3)4/h9-10H,1-8H3,(H,21,22). The molecule has 0 saturated carbocycles. The predicted molar refractivity (Wildman–Crippen MR) is 101 cm³/mol. The molecule has 1 saturated heterocycles. The summed E-state index contributed by atoms with van der Waals surface area (Å²) in [6.45, 7) is 14.6. The normalized spacial score (nSPS) is 18.1. The van der Waals surface area contributed by atoms with E-state index in [0.29, 0.717) is 16.7 Å². The van der Waals surface area contributed by atoms with Crippen molar-refractivity contribution in [2.24, 2.45) is 0 Å². The molecule has 1 aromatic rings. The second-order valence-electron chi connectivity index (χ2n) is 8.47. The number of carbonyl (C=O) groups excluding carboxylic acids is 2. The number of hydrogen-bond donors (Lipinski definition) is 1. The van der Waals surface area contributed by atoms with E-state index in [4.69, 9.17) is 14.0 Å². The van der Waals surface area contributed by atoms with Gasteiger partial charge in [0.15, 0.2) is 0 Å². The lowest BCUT2D eigenvalue weighted by Crippen LogP contribution is -2.41. The second-order valence-corrected chi connectivity index (χ2v) is 8.47. The number of ether oxygens (including phenoxy) is 2. The molecule has 1 N–H and O–H groups in total. The highest BCUT2D eigenvalue weighted by atomic mass is 16.8. The first kappa shape index (κ1) is 21.2. The molecule has 2 heterocycles. The number of aromatic nitrogens is 1. The zero-order chi connectivity index (χ0) is 20.6. The number of anilines is 1. The van der Waals surface area contributed by atoms with E-state index in [-0.39, 0.29) is 0 Å². The first-order valence-corrected chi connectivity index (χ1v) is 8.74. The van der Waals surface area contributed by atoms with Gasteiger partial charge in [0, 0.05) is 11.7 Å². The van der Waals surface area contributed by atoms with Gasteiger partial charge in [-0.3, -0.25) is 10.3 Å². The smallest absolute Gasteiger partial charge is 0.428 e. The molecule has 0 unspecified atom stereocenters. The van der Waals surface area contributed by atoms with Gasteiger partial charge in [-0.2, -0.15) is 0 Å². The summed E-state index contributed by atoms with van der Waals surface area (Å²) in [5, 5.41) is 2.50. The van der Waals surface area contributed by atoms with Crippen LogP contribution in [0.4, 0.5) is 15.3 Å². The van der Waals surface area contributed by atoms with Gasteiger partial charge in [-0.1, -0.05) is 0 Å². The molecule has 8 nitrogen and oxygen atoms in total. The molecular weight excluding hydrogens is 351 g/mol. The maximum Gasteiger partial charge on any atom is 0.517 e. The molecule has 0 aromatic carbocycles. The Kier molecular flexibility index (Phi) is 5.59. The van der Waals surface area contributed by atoms with Crippen LogP contribution in [0.5, 0.6) is 0 Å². The molecule has 148 valence electrons. The molecule has 0 bridgehead atoms. The predicted octanol–water partition coefficient (Wildman–Crippen LogP) is 3.17. The Balaban J connectivity index is 2.11. The Morgan fingerprint density at radius 3 is 2.19 bits per heavy atom. The number of nitrogens with zero attached hydrogens (tertiary/aromatic N) is 1. The first-order chi connectivity index (χ1) is 12.2. The largest absolute Gasteiger partial charge is 0.517 e. The molecule has 1 aliphatic heterocycles. The van der Waals surface area contributed by atoms with E-state index in [1.165, 1.54) is 6.20 Å². The summed E-state index contributed by atoms with van der Waals surface area (Å²) in [7, 11) is -0.619. The molecule has 0 radical (unpaired) electrons. The number of hydrogen-bond acceptors (Lipinski definition) is 7. The monoisotopic (exact) mass is 378 g/mol. The average molecular weight is 378 g/mol. The van der Waals surface area contributed by atoms with E-state index in [1.54, 1.807) is 33.9 Å². The summed E-state index contributed by atoms with van der Waals surface area (Å²) in [4.78, 5) is 27.7. The average Bonchev–Trinajstić information content (AvgIpc) is 2.67. The van der Waals surface area contributed by atoms with Gasteiger partial charge in [0.1, 0.15) is 5.60 Å². The van der Waals surface area contributed by atoms with E-state index in [2.05, 4.69) is 15.0 Å². The van der Waals surface area contributed by atoms with Crippen LogP contribution in [0.25, 0.3) is 0 Å². The quantitative estimate of drug-likeness (QED) is 0.480. The van der Waals surface area contributed by atoms with Crippen LogP contribution in [0.1, 0.15) is 54.0 Å². The minimum Gasteiger partial charge on any atom is -0.428 e. The van der Waals surface area contributed by atoms with Crippen molar-refractivity contribution in [1.82, 2.24) is 4.98 Å². The van der Waals surface area contributed by atoms with Gasteiger partial charge in [-0.15, -0.1) is 0 Å². The lowest BCUT2D eigenvalue weighted by molar-refractivity contribution is 0.00578. The van der Waals surface area contributed by atoms with Crippen LogP contribution in [0.15, 0.2) is 12.4 Å². The third-order valence-corrected chi connectivity index (χ3v) is 4.56. The van der Waals surface area contributed by atoms with Crippen LogP contribution in [-0.2, 0) is 18.8 Å². The van der Waals surface area contributed by atoms with Crippen LogP contribution >= 0.6 is 0 Å². The molecule has 1 amide bonds. The first-order valence-electron chi connectivity index (χ1n) is 8.74. The summed E-state index contributed by atoms with van der Waals surface area (Å²) in [5.74, 6) is 0. The maximum atomic E-state index is 12.0.